The van der Waals surface area contributed by atoms with Gasteiger partial charge in [0.2, 0.25) is 0 Å². The maximum atomic E-state index is 10.8. The Bertz CT molecular complexity index is 464. The van der Waals surface area contributed by atoms with Gasteiger partial charge in [-0.15, -0.1) is 0 Å². The fourth-order valence-electron chi connectivity index (χ4n) is 1.02. The van der Waals surface area contributed by atoms with Crippen LogP contribution in [-0.4, -0.2) is 17.1 Å². The molecule has 0 atom stereocenters. The van der Waals surface area contributed by atoms with Crippen LogP contribution in [0.4, 0.5) is 0 Å². The third kappa shape index (κ3) is 7.82. The normalized spacial score (nSPS) is 8.00. The summed E-state index contributed by atoms with van der Waals surface area (Å²) < 4.78 is 0. The van der Waals surface area contributed by atoms with E-state index in [1.807, 2.05) is 0 Å². The second kappa shape index (κ2) is 12.5. The van der Waals surface area contributed by atoms with Gasteiger partial charge in [0.25, 0.3) is 0 Å². The van der Waals surface area contributed by atoms with Crippen molar-refractivity contribution in [2.24, 2.45) is 0 Å². The molecular weight excluding hydrogens is 337 g/mol. The van der Waals surface area contributed by atoms with Crippen LogP contribution < -0.4 is 164 Å². The van der Waals surface area contributed by atoms with E-state index in [0.717, 1.165) is 18.2 Å². The molecular formula is C9H3K3O5S. The number of carboxylic acid groups (broad SMARTS) is 2. The molecule has 0 aliphatic heterocycles. The smallest absolute Gasteiger partial charge is 0.737 e. The second-order valence-electron chi connectivity index (χ2n) is 2.62. The molecule has 0 saturated carbocycles. The van der Waals surface area contributed by atoms with Gasteiger partial charge in [0, 0.05) is 16.2 Å². The summed E-state index contributed by atoms with van der Waals surface area (Å²) in [5.74, 6) is -3.20. The summed E-state index contributed by atoms with van der Waals surface area (Å²) in [6.07, 6.45) is 0. The zero-order chi connectivity index (χ0) is 11.6. The fraction of sp³-hybridized carbons (Fsp3) is 0. The Morgan fingerprint density at radius 1 is 0.889 bits per heavy atom. The van der Waals surface area contributed by atoms with Crippen LogP contribution >= 0.6 is 0 Å². The van der Waals surface area contributed by atoms with E-state index in [9.17, 15) is 24.6 Å². The van der Waals surface area contributed by atoms with Gasteiger partial charge in [0.1, 0.15) is 0 Å². The van der Waals surface area contributed by atoms with Gasteiger partial charge in [-0.05, 0) is 11.6 Å². The molecule has 0 bridgehead atoms. The van der Waals surface area contributed by atoms with Crippen LogP contribution in [0.5, 0.6) is 0 Å². The monoisotopic (exact) mass is 340 g/mol. The first kappa shape index (κ1) is 25.9. The number of hydrogen-bond donors (Lipinski definition) is 0. The minimum absolute atomic E-state index is 0. The topological polar surface area (TPSA) is 97.3 Å². The third-order valence-electron chi connectivity index (χ3n) is 1.70. The first-order valence-electron chi connectivity index (χ1n) is 3.71. The van der Waals surface area contributed by atoms with Crippen molar-refractivity contribution in [2.45, 2.75) is 0 Å². The number of carboxylic acids is 2. The van der Waals surface area contributed by atoms with Gasteiger partial charge in [0.15, 0.2) is 0 Å². The van der Waals surface area contributed by atoms with Crippen LogP contribution in [0.1, 0.15) is 31.1 Å². The Morgan fingerprint density at radius 2 is 1.39 bits per heavy atom. The van der Waals surface area contributed by atoms with Crippen molar-refractivity contribution in [1.82, 2.24) is 0 Å². The van der Waals surface area contributed by atoms with Gasteiger partial charge in [-0.2, -0.15) is 0 Å². The molecule has 0 aliphatic rings. The van der Waals surface area contributed by atoms with E-state index in [-0.39, 0.29) is 165 Å². The summed E-state index contributed by atoms with van der Waals surface area (Å²) in [5.41, 5.74) is -1.17. The number of carbonyl (C=O) groups is 3. The van der Waals surface area contributed by atoms with E-state index in [0.29, 0.717) is 0 Å². The maximum Gasteiger partial charge on any atom is 1.00 e. The summed E-state index contributed by atoms with van der Waals surface area (Å²) in [6.45, 7) is 0. The first-order valence-corrected chi connectivity index (χ1v) is 4.12. The van der Waals surface area contributed by atoms with Crippen molar-refractivity contribution in [2.75, 3.05) is 0 Å². The molecule has 1 rings (SSSR count). The molecule has 0 saturated heterocycles. The molecule has 0 radical (unpaired) electrons. The molecule has 0 N–H and O–H groups in total. The number of benzene rings is 1. The summed E-state index contributed by atoms with van der Waals surface area (Å²) >= 11 is 4.27. The maximum absolute atomic E-state index is 10.8. The molecule has 0 unspecified atom stereocenters. The Kier molecular flexibility index (Phi) is 18.0. The summed E-state index contributed by atoms with van der Waals surface area (Å²) in [6, 6.07) is 2.84. The Labute approximate surface area is 237 Å². The predicted octanol–water partition coefficient (Wildman–Crippen LogP) is -10.9. The van der Waals surface area contributed by atoms with Crippen LogP contribution in [0.25, 0.3) is 0 Å². The Hall–Kier alpha value is 2.96. The molecule has 0 aliphatic carbocycles. The molecule has 1 aromatic rings. The van der Waals surface area contributed by atoms with E-state index in [1.165, 1.54) is 0 Å². The largest absolute Gasteiger partial charge is 1.00 e. The van der Waals surface area contributed by atoms with Gasteiger partial charge >= 0.3 is 154 Å². The van der Waals surface area contributed by atoms with Gasteiger partial charge < -0.3 is 37.2 Å². The fourth-order valence-corrected chi connectivity index (χ4v) is 1.20. The standard InChI is InChI=1S/C9H6O5S.3K/c10-7(11)4-1-2-5(9(14)15)6(3-4)8(12)13;;;/h1-3H,(H,10,11)(H,12,13)(H,14,15);;;/q;3*+1/p-3. The van der Waals surface area contributed by atoms with E-state index < -0.39 is 22.6 Å². The first-order chi connectivity index (χ1) is 6.93. The second-order valence-corrected chi connectivity index (χ2v) is 2.99. The summed E-state index contributed by atoms with van der Waals surface area (Å²) in [5, 5.41) is 20.1. The van der Waals surface area contributed by atoms with E-state index in [4.69, 9.17) is 0 Å². The van der Waals surface area contributed by atoms with Gasteiger partial charge in [-0.3, -0.25) is 0 Å². The molecule has 78 valence electrons. The van der Waals surface area contributed by atoms with Crippen LogP contribution in [0.3, 0.4) is 0 Å². The zero-order valence-electron chi connectivity index (χ0n) is 10.2. The van der Waals surface area contributed by atoms with Crippen molar-refractivity contribution in [3.05, 3.63) is 34.9 Å². The average molecular weight is 340 g/mol. The quantitative estimate of drug-likeness (QED) is 0.400. The van der Waals surface area contributed by atoms with Crippen molar-refractivity contribution in [1.29, 1.82) is 0 Å². The van der Waals surface area contributed by atoms with Crippen LogP contribution in [-0.2, 0) is 12.6 Å². The molecule has 0 aromatic heterocycles. The van der Waals surface area contributed by atoms with Crippen molar-refractivity contribution < 1.29 is 179 Å². The molecule has 1 aromatic carbocycles. The molecule has 9 heteroatoms. The number of aromatic carboxylic acids is 2. The van der Waals surface area contributed by atoms with Gasteiger partial charge in [-0.1, -0.05) is 12.1 Å². The number of rotatable bonds is 3. The van der Waals surface area contributed by atoms with Crippen LogP contribution in [0.2, 0.25) is 0 Å². The summed E-state index contributed by atoms with van der Waals surface area (Å²) in [4.78, 5) is 31.8. The number of carbonyl (C=O) groups excluding carboxylic acids is 3. The van der Waals surface area contributed by atoms with Crippen LogP contribution in [0.15, 0.2) is 18.2 Å². The molecule has 18 heavy (non-hydrogen) atoms. The van der Waals surface area contributed by atoms with Crippen molar-refractivity contribution in [3.8, 4) is 0 Å². The molecule has 0 amide bonds. The van der Waals surface area contributed by atoms with Gasteiger partial charge in [-0.25, -0.2) is 0 Å². The average Bonchev–Trinajstić information content (AvgIpc) is 2.16. The molecule has 0 fully saturated rings. The summed E-state index contributed by atoms with van der Waals surface area (Å²) in [7, 11) is 0. The number of hydrogen-bond acceptors (Lipinski definition) is 6. The Balaban J connectivity index is -0.000000750. The van der Waals surface area contributed by atoms with Crippen molar-refractivity contribution >= 4 is 29.7 Å². The molecule has 0 spiro atoms. The van der Waals surface area contributed by atoms with Gasteiger partial charge in [0.05, 0.1) is 11.9 Å². The predicted molar refractivity (Wildman–Crippen MR) is 46.8 cm³/mol. The van der Waals surface area contributed by atoms with Crippen molar-refractivity contribution in [3.63, 3.8) is 0 Å². The molecule has 0 heterocycles. The zero-order valence-corrected chi connectivity index (χ0v) is 20.4. The minimum atomic E-state index is -1.66. The Morgan fingerprint density at radius 3 is 1.72 bits per heavy atom. The molecule has 5 nitrogen and oxygen atoms in total. The minimum Gasteiger partial charge on any atom is -0.737 e. The van der Waals surface area contributed by atoms with Crippen LogP contribution in [0, 0.1) is 0 Å². The SMILES string of the molecule is O=C([O-])c1ccc(C(=O)[S-])c(C(=O)[O-])c1.[K+].[K+].[K+]. The third-order valence-corrected chi connectivity index (χ3v) is 1.92. The van der Waals surface area contributed by atoms with E-state index in [1.54, 1.807) is 0 Å². The van der Waals surface area contributed by atoms with E-state index >= 15 is 0 Å². The van der Waals surface area contributed by atoms with E-state index in [2.05, 4.69) is 12.6 Å².